The molecule has 22 heavy (non-hydrogen) atoms. The van der Waals surface area contributed by atoms with E-state index in [4.69, 9.17) is 0 Å². The van der Waals surface area contributed by atoms with E-state index >= 15 is 0 Å². The van der Waals surface area contributed by atoms with E-state index in [1.54, 1.807) is 12.3 Å². The SMILES string of the molecule is CC1CCN(Cc2cc(=O)c(O)cn2CCCN(C)C)CC1. The van der Waals surface area contributed by atoms with Gasteiger partial charge in [-0.15, -0.1) is 0 Å². The first-order chi connectivity index (χ1) is 10.5. The van der Waals surface area contributed by atoms with Gasteiger partial charge in [-0.25, -0.2) is 0 Å². The minimum Gasteiger partial charge on any atom is -0.503 e. The molecule has 0 bridgehead atoms. The number of hydrogen-bond acceptors (Lipinski definition) is 4. The number of piperidine rings is 1. The van der Waals surface area contributed by atoms with Gasteiger partial charge in [-0.1, -0.05) is 6.92 Å². The second-order valence-electron chi connectivity index (χ2n) is 6.82. The van der Waals surface area contributed by atoms with Gasteiger partial charge in [-0.3, -0.25) is 9.69 Å². The molecule has 1 aromatic heterocycles. The van der Waals surface area contributed by atoms with E-state index in [2.05, 4.69) is 30.8 Å². The zero-order valence-corrected chi connectivity index (χ0v) is 14.1. The van der Waals surface area contributed by atoms with Crippen molar-refractivity contribution in [2.75, 3.05) is 33.7 Å². The summed E-state index contributed by atoms with van der Waals surface area (Å²) in [6, 6.07) is 1.60. The fraction of sp³-hybridized carbons (Fsp3) is 0.706. The molecule has 0 atom stereocenters. The van der Waals surface area contributed by atoms with E-state index in [9.17, 15) is 9.90 Å². The second-order valence-corrected chi connectivity index (χ2v) is 6.82. The molecule has 1 aliphatic heterocycles. The molecule has 1 saturated heterocycles. The van der Waals surface area contributed by atoms with Crippen LogP contribution in [0.2, 0.25) is 0 Å². The number of likely N-dealkylation sites (tertiary alicyclic amines) is 1. The Morgan fingerprint density at radius 3 is 2.64 bits per heavy atom. The lowest BCUT2D eigenvalue weighted by molar-refractivity contribution is 0.180. The summed E-state index contributed by atoms with van der Waals surface area (Å²) in [4.78, 5) is 16.3. The van der Waals surface area contributed by atoms with E-state index in [-0.39, 0.29) is 11.2 Å². The third-order valence-corrected chi connectivity index (χ3v) is 4.46. The average Bonchev–Trinajstić information content (AvgIpc) is 2.46. The molecule has 0 spiro atoms. The van der Waals surface area contributed by atoms with Gasteiger partial charge in [0.25, 0.3) is 0 Å². The lowest BCUT2D eigenvalue weighted by atomic mass is 9.99. The van der Waals surface area contributed by atoms with Gasteiger partial charge in [0.05, 0.1) is 6.20 Å². The van der Waals surface area contributed by atoms with E-state index < -0.39 is 0 Å². The molecule has 0 unspecified atom stereocenters. The molecular formula is C17H29N3O2. The highest BCUT2D eigenvalue weighted by Gasteiger charge is 2.17. The Morgan fingerprint density at radius 1 is 1.32 bits per heavy atom. The first kappa shape index (κ1) is 17.0. The van der Waals surface area contributed by atoms with Crippen molar-refractivity contribution in [3.63, 3.8) is 0 Å². The van der Waals surface area contributed by atoms with Crippen LogP contribution in [-0.2, 0) is 13.1 Å². The average molecular weight is 307 g/mol. The number of aromatic hydroxyl groups is 1. The number of hydrogen-bond donors (Lipinski definition) is 1. The first-order valence-corrected chi connectivity index (χ1v) is 8.25. The summed E-state index contributed by atoms with van der Waals surface area (Å²) in [5, 5.41) is 9.72. The topological polar surface area (TPSA) is 48.7 Å². The summed E-state index contributed by atoms with van der Waals surface area (Å²) < 4.78 is 2.04. The predicted molar refractivity (Wildman–Crippen MR) is 89.2 cm³/mol. The zero-order valence-electron chi connectivity index (χ0n) is 14.1. The molecule has 124 valence electrons. The van der Waals surface area contributed by atoms with Gasteiger partial charge in [0.15, 0.2) is 5.75 Å². The van der Waals surface area contributed by atoms with Crippen LogP contribution in [0.5, 0.6) is 5.75 Å². The molecule has 2 rings (SSSR count). The van der Waals surface area contributed by atoms with E-state index in [0.29, 0.717) is 0 Å². The third-order valence-electron chi connectivity index (χ3n) is 4.46. The largest absolute Gasteiger partial charge is 0.503 e. The van der Waals surface area contributed by atoms with E-state index in [1.165, 1.54) is 12.8 Å². The van der Waals surface area contributed by atoms with Crippen LogP contribution >= 0.6 is 0 Å². The smallest absolute Gasteiger partial charge is 0.223 e. The van der Waals surface area contributed by atoms with Crippen molar-refractivity contribution >= 4 is 0 Å². The van der Waals surface area contributed by atoms with Crippen molar-refractivity contribution in [2.24, 2.45) is 5.92 Å². The summed E-state index contributed by atoms with van der Waals surface area (Å²) >= 11 is 0. The molecule has 1 aliphatic rings. The fourth-order valence-corrected chi connectivity index (χ4v) is 2.95. The molecule has 0 amide bonds. The Kier molecular flexibility index (Phi) is 6.03. The predicted octanol–water partition coefficient (Wildman–Crippen LogP) is 1.74. The summed E-state index contributed by atoms with van der Waals surface area (Å²) in [5.74, 6) is 0.652. The molecule has 2 heterocycles. The maximum atomic E-state index is 11.8. The number of nitrogens with zero attached hydrogens (tertiary/aromatic N) is 3. The molecule has 0 radical (unpaired) electrons. The molecule has 1 aromatic rings. The van der Waals surface area contributed by atoms with Gasteiger partial charge >= 0.3 is 0 Å². The highest BCUT2D eigenvalue weighted by atomic mass is 16.3. The van der Waals surface area contributed by atoms with Crippen molar-refractivity contribution in [3.05, 3.63) is 28.2 Å². The van der Waals surface area contributed by atoms with Crippen LogP contribution in [0.25, 0.3) is 0 Å². The summed E-state index contributed by atoms with van der Waals surface area (Å²) in [6.45, 7) is 7.10. The first-order valence-electron chi connectivity index (χ1n) is 8.25. The molecule has 0 saturated carbocycles. The Bertz CT molecular complexity index is 531. The summed E-state index contributed by atoms with van der Waals surface area (Å²) in [6.07, 6.45) is 5.05. The second kappa shape index (κ2) is 7.79. The van der Waals surface area contributed by atoms with Crippen LogP contribution in [0.3, 0.4) is 0 Å². The minimum absolute atomic E-state index is 0.152. The number of aromatic nitrogens is 1. The van der Waals surface area contributed by atoms with Crippen LogP contribution in [0, 0.1) is 5.92 Å². The van der Waals surface area contributed by atoms with Crippen LogP contribution in [0.1, 0.15) is 31.9 Å². The van der Waals surface area contributed by atoms with Crippen molar-refractivity contribution in [2.45, 2.75) is 39.3 Å². The Hall–Kier alpha value is -1.33. The van der Waals surface area contributed by atoms with Gasteiger partial charge in [-0.2, -0.15) is 0 Å². The lowest BCUT2D eigenvalue weighted by Gasteiger charge is -2.31. The van der Waals surface area contributed by atoms with Crippen molar-refractivity contribution in [3.8, 4) is 5.75 Å². The van der Waals surface area contributed by atoms with Crippen LogP contribution in [0.15, 0.2) is 17.1 Å². The maximum Gasteiger partial charge on any atom is 0.223 e. The van der Waals surface area contributed by atoms with Crippen molar-refractivity contribution < 1.29 is 5.11 Å². The molecule has 5 nitrogen and oxygen atoms in total. The highest BCUT2D eigenvalue weighted by molar-refractivity contribution is 5.20. The Balaban J connectivity index is 2.07. The van der Waals surface area contributed by atoms with Crippen LogP contribution in [-0.4, -0.2) is 53.2 Å². The number of aryl methyl sites for hydroxylation is 1. The van der Waals surface area contributed by atoms with Crippen molar-refractivity contribution in [1.82, 2.24) is 14.4 Å². The van der Waals surface area contributed by atoms with Gasteiger partial charge in [0, 0.05) is 24.8 Å². The zero-order chi connectivity index (χ0) is 16.1. The maximum absolute atomic E-state index is 11.8. The van der Waals surface area contributed by atoms with Crippen LogP contribution < -0.4 is 5.43 Å². The molecule has 0 aromatic carbocycles. The van der Waals surface area contributed by atoms with Gasteiger partial charge in [0.1, 0.15) is 0 Å². The summed E-state index contributed by atoms with van der Waals surface area (Å²) in [5.41, 5.74) is 0.736. The monoisotopic (exact) mass is 307 g/mol. The molecule has 0 aliphatic carbocycles. The van der Waals surface area contributed by atoms with Crippen molar-refractivity contribution in [1.29, 1.82) is 0 Å². The lowest BCUT2D eigenvalue weighted by Crippen LogP contribution is -2.33. The van der Waals surface area contributed by atoms with Gasteiger partial charge in [0.2, 0.25) is 5.43 Å². The standard InChI is InChI=1S/C17H29N3O2/c1-14-5-9-19(10-6-14)12-15-11-16(21)17(22)13-20(15)8-4-7-18(2)3/h11,13-14,22H,4-10,12H2,1-3H3. The molecule has 1 fully saturated rings. The summed E-state index contributed by atoms with van der Waals surface area (Å²) in [7, 11) is 4.11. The molecule has 5 heteroatoms. The van der Waals surface area contributed by atoms with Crippen LogP contribution in [0.4, 0.5) is 0 Å². The van der Waals surface area contributed by atoms with E-state index in [1.807, 2.05) is 4.57 Å². The normalized spacial score (nSPS) is 17.3. The quantitative estimate of drug-likeness (QED) is 0.870. The number of pyridine rings is 1. The minimum atomic E-state index is -0.274. The Morgan fingerprint density at radius 2 is 2.00 bits per heavy atom. The van der Waals surface area contributed by atoms with Gasteiger partial charge in [-0.05, 0) is 58.9 Å². The third kappa shape index (κ3) is 4.85. The highest BCUT2D eigenvalue weighted by Crippen LogP contribution is 2.18. The van der Waals surface area contributed by atoms with E-state index in [0.717, 1.165) is 50.8 Å². The Labute approximate surface area is 133 Å². The molecular weight excluding hydrogens is 278 g/mol. The fourth-order valence-electron chi connectivity index (χ4n) is 2.95. The number of rotatable bonds is 6. The molecule has 1 N–H and O–H groups in total. The van der Waals surface area contributed by atoms with Gasteiger partial charge < -0.3 is 14.6 Å².